The average molecular weight is 332 g/mol. The van der Waals surface area contributed by atoms with Crippen molar-refractivity contribution in [2.75, 3.05) is 6.54 Å². The van der Waals surface area contributed by atoms with Gasteiger partial charge in [-0.2, -0.15) is 13.2 Å². The fraction of sp³-hybridized carbons (Fsp3) is 0.263. The monoisotopic (exact) mass is 332 g/mol. The molecule has 0 amide bonds. The smallest absolute Gasteiger partial charge is 0.354 e. The van der Waals surface area contributed by atoms with Crippen LogP contribution in [0.2, 0.25) is 0 Å². The maximum absolute atomic E-state index is 13.3. The van der Waals surface area contributed by atoms with E-state index in [0.29, 0.717) is 18.4 Å². The number of H-pyrrole nitrogens is 1. The lowest BCUT2D eigenvalue weighted by atomic mass is 9.99. The fourth-order valence-corrected chi connectivity index (χ4v) is 3.07. The maximum Gasteiger partial charge on any atom is 0.418 e. The first-order valence-electron chi connectivity index (χ1n) is 7.98. The Morgan fingerprint density at radius 2 is 1.67 bits per heavy atom. The lowest BCUT2D eigenvalue weighted by Crippen LogP contribution is -2.05. The van der Waals surface area contributed by atoms with E-state index < -0.39 is 11.7 Å². The van der Waals surface area contributed by atoms with Crippen molar-refractivity contribution in [1.82, 2.24) is 4.98 Å². The van der Waals surface area contributed by atoms with Crippen LogP contribution in [0.4, 0.5) is 13.2 Å². The first kappa shape index (κ1) is 16.6. The van der Waals surface area contributed by atoms with Crippen molar-refractivity contribution in [3.8, 4) is 11.3 Å². The van der Waals surface area contributed by atoms with Crippen molar-refractivity contribution < 1.29 is 13.2 Å². The Morgan fingerprint density at radius 1 is 0.917 bits per heavy atom. The predicted octanol–water partition coefficient (Wildman–Crippen LogP) is 5.14. The minimum absolute atomic E-state index is 0.159. The molecule has 126 valence electrons. The van der Waals surface area contributed by atoms with Crippen LogP contribution in [-0.4, -0.2) is 11.5 Å². The van der Waals surface area contributed by atoms with Crippen molar-refractivity contribution >= 4 is 10.9 Å². The number of para-hydroxylation sites is 1. The number of alkyl halides is 3. The van der Waals surface area contributed by atoms with Gasteiger partial charge in [0.2, 0.25) is 0 Å². The molecule has 0 saturated heterocycles. The standard InChI is InChI=1S/C19H19F3N2/c20-19(21,22)16-11-6-10-15-14(9-4-5-12-23)17(24-18(15)16)13-7-2-1-3-8-13/h1-3,6-8,10-11,24H,4-5,9,12,23H2. The molecule has 0 radical (unpaired) electrons. The summed E-state index contributed by atoms with van der Waals surface area (Å²) in [4.78, 5) is 3.03. The van der Waals surface area contributed by atoms with E-state index in [2.05, 4.69) is 4.98 Å². The van der Waals surface area contributed by atoms with Crippen molar-refractivity contribution in [2.24, 2.45) is 5.73 Å². The number of aryl methyl sites for hydroxylation is 1. The second-order valence-corrected chi connectivity index (χ2v) is 5.82. The zero-order valence-corrected chi connectivity index (χ0v) is 13.2. The van der Waals surface area contributed by atoms with Crippen molar-refractivity contribution in [2.45, 2.75) is 25.4 Å². The van der Waals surface area contributed by atoms with Crippen molar-refractivity contribution in [1.29, 1.82) is 0 Å². The summed E-state index contributed by atoms with van der Waals surface area (Å²) in [5.41, 5.74) is 7.67. The molecule has 1 heterocycles. The molecule has 1 aromatic heterocycles. The second-order valence-electron chi connectivity index (χ2n) is 5.82. The Bertz CT molecular complexity index is 820. The third kappa shape index (κ3) is 3.17. The van der Waals surface area contributed by atoms with Gasteiger partial charge >= 0.3 is 6.18 Å². The topological polar surface area (TPSA) is 41.8 Å². The molecule has 3 N–H and O–H groups in total. The highest BCUT2D eigenvalue weighted by Gasteiger charge is 2.33. The van der Waals surface area contributed by atoms with Crippen LogP contribution in [0.1, 0.15) is 24.0 Å². The number of hydrogen-bond acceptors (Lipinski definition) is 1. The molecule has 3 rings (SSSR count). The van der Waals surface area contributed by atoms with Crippen molar-refractivity contribution in [3.63, 3.8) is 0 Å². The number of aromatic amines is 1. The number of hydrogen-bond donors (Lipinski definition) is 2. The summed E-state index contributed by atoms with van der Waals surface area (Å²) in [5, 5.41) is 0.640. The van der Waals surface area contributed by atoms with Gasteiger partial charge in [0.15, 0.2) is 0 Å². The molecule has 0 atom stereocenters. The van der Waals surface area contributed by atoms with Crippen LogP contribution in [0.25, 0.3) is 22.2 Å². The number of halogens is 3. The molecule has 0 spiro atoms. The van der Waals surface area contributed by atoms with Gasteiger partial charge in [-0.25, -0.2) is 0 Å². The largest absolute Gasteiger partial charge is 0.418 e. The maximum atomic E-state index is 13.3. The van der Waals surface area contributed by atoms with E-state index in [4.69, 9.17) is 5.73 Å². The van der Waals surface area contributed by atoms with Crippen LogP contribution < -0.4 is 5.73 Å². The van der Waals surface area contributed by atoms with Crippen molar-refractivity contribution in [3.05, 3.63) is 59.7 Å². The van der Waals surface area contributed by atoms with E-state index in [1.807, 2.05) is 30.3 Å². The van der Waals surface area contributed by atoms with Gasteiger partial charge < -0.3 is 10.7 Å². The Kier molecular flexibility index (Phi) is 4.62. The van der Waals surface area contributed by atoms with Crippen LogP contribution in [0.15, 0.2) is 48.5 Å². The van der Waals surface area contributed by atoms with Crippen LogP contribution in [0.5, 0.6) is 0 Å². The number of fused-ring (bicyclic) bond motifs is 1. The van der Waals surface area contributed by atoms with E-state index in [1.54, 1.807) is 6.07 Å². The summed E-state index contributed by atoms with van der Waals surface area (Å²) in [5.74, 6) is 0. The van der Waals surface area contributed by atoms with E-state index in [0.717, 1.165) is 35.7 Å². The molecule has 0 aliphatic carbocycles. The molecule has 0 unspecified atom stereocenters. The Balaban J connectivity index is 2.20. The number of unbranched alkanes of at least 4 members (excludes halogenated alkanes) is 1. The highest BCUT2D eigenvalue weighted by Crippen LogP contribution is 2.39. The van der Waals surface area contributed by atoms with Crippen LogP contribution in [0, 0.1) is 0 Å². The van der Waals surface area contributed by atoms with Gasteiger partial charge in [0.1, 0.15) is 0 Å². The number of aromatic nitrogens is 1. The SMILES string of the molecule is NCCCCc1c(-c2ccccc2)[nH]c2c(C(F)(F)F)cccc12. The van der Waals surface area contributed by atoms with Crippen LogP contribution in [0.3, 0.4) is 0 Å². The molecule has 2 aromatic carbocycles. The Hall–Kier alpha value is -2.27. The first-order valence-corrected chi connectivity index (χ1v) is 7.98. The lowest BCUT2D eigenvalue weighted by molar-refractivity contribution is -0.136. The third-order valence-corrected chi connectivity index (χ3v) is 4.19. The number of benzene rings is 2. The zero-order valence-electron chi connectivity index (χ0n) is 13.2. The van der Waals surface area contributed by atoms with E-state index in [-0.39, 0.29) is 5.52 Å². The molecular formula is C19H19F3N2. The molecule has 0 aliphatic heterocycles. The summed E-state index contributed by atoms with van der Waals surface area (Å²) in [6, 6.07) is 13.8. The summed E-state index contributed by atoms with van der Waals surface area (Å²) < 4.78 is 40.0. The fourth-order valence-electron chi connectivity index (χ4n) is 3.07. The van der Waals surface area contributed by atoms with Crippen LogP contribution >= 0.6 is 0 Å². The molecule has 2 nitrogen and oxygen atoms in total. The highest BCUT2D eigenvalue weighted by atomic mass is 19.4. The minimum atomic E-state index is -4.38. The minimum Gasteiger partial charge on any atom is -0.354 e. The number of rotatable bonds is 5. The predicted molar refractivity (Wildman–Crippen MR) is 90.7 cm³/mol. The average Bonchev–Trinajstić information content (AvgIpc) is 2.94. The van der Waals surface area contributed by atoms with Gasteiger partial charge in [-0.15, -0.1) is 0 Å². The second kappa shape index (κ2) is 6.69. The third-order valence-electron chi connectivity index (χ3n) is 4.19. The zero-order chi connectivity index (χ0) is 17.2. The van der Waals surface area contributed by atoms with E-state index in [9.17, 15) is 13.2 Å². The number of nitrogens with one attached hydrogen (secondary N) is 1. The normalized spacial score (nSPS) is 12.0. The molecule has 0 bridgehead atoms. The van der Waals surface area contributed by atoms with E-state index in [1.165, 1.54) is 6.07 Å². The Labute approximate surface area is 138 Å². The summed E-state index contributed by atoms with van der Waals surface area (Å²) in [7, 11) is 0. The first-order chi connectivity index (χ1) is 11.5. The molecule has 5 heteroatoms. The number of nitrogens with two attached hydrogens (primary N) is 1. The molecule has 24 heavy (non-hydrogen) atoms. The molecular weight excluding hydrogens is 313 g/mol. The summed E-state index contributed by atoms with van der Waals surface area (Å²) in [6.07, 6.45) is -1.99. The molecule has 0 saturated carbocycles. The van der Waals surface area contributed by atoms with Gasteiger partial charge in [0.05, 0.1) is 11.1 Å². The quantitative estimate of drug-likeness (QED) is 0.625. The highest BCUT2D eigenvalue weighted by molar-refractivity contribution is 5.93. The molecule has 0 fully saturated rings. The summed E-state index contributed by atoms with van der Waals surface area (Å²) >= 11 is 0. The van der Waals surface area contributed by atoms with Gasteiger partial charge in [-0.05, 0) is 43.0 Å². The molecule has 0 aliphatic rings. The van der Waals surface area contributed by atoms with Crippen LogP contribution in [-0.2, 0) is 12.6 Å². The lowest BCUT2D eigenvalue weighted by Gasteiger charge is -2.07. The van der Waals surface area contributed by atoms with Gasteiger partial charge in [0.25, 0.3) is 0 Å². The molecule has 3 aromatic rings. The Morgan fingerprint density at radius 3 is 2.33 bits per heavy atom. The van der Waals surface area contributed by atoms with Gasteiger partial charge in [0, 0.05) is 11.1 Å². The van der Waals surface area contributed by atoms with Gasteiger partial charge in [-0.1, -0.05) is 42.5 Å². The van der Waals surface area contributed by atoms with E-state index >= 15 is 0 Å². The summed E-state index contributed by atoms with van der Waals surface area (Å²) in [6.45, 7) is 0.580. The van der Waals surface area contributed by atoms with Gasteiger partial charge in [-0.3, -0.25) is 0 Å².